The normalized spacial score (nSPS) is 40.1. The predicted octanol–water partition coefficient (Wildman–Crippen LogP) is 1.68. The Morgan fingerprint density at radius 2 is 1.95 bits per heavy atom. The molecule has 3 heterocycles. The first kappa shape index (κ1) is 12.7. The molecule has 1 fully saturated rings. The van der Waals surface area contributed by atoms with Crippen molar-refractivity contribution in [2.45, 2.75) is 57.9 Å². The van der Waals surface area contributed by atoms with Gasteiger partial charge in [-0.1, -0.05) is 6.08 Å². The Labute approximate surface area is 112 Å². The Hall–Kier alpha value is -1.33. The fourth-order valence-electron chi connectivity index (χ4n) is 2.82. The molecule has 0 saturated carbocycles. The van der Waals surface area contributed by atoms with Crippen molar-refractivity contribution < 1.29 is 23.7 Å². The van der Waals surface area contributed by atoms with Gasteiger partial charge in [-0.15, -0.1) is 0 Å². The summed E-state index contributed by atoms with van der Waals surface area (Å²) in [5.41, 5.74) is 0.476. The minimum absolute atomic E-state index is 0.257. The summed E-state index contributed by atoms with van der Waals surface area (Å²) in [5, 5.41) is 0. The second-order valence-corrected chi connectivity index (χ2v) is 5.45. The second kappa shape index (κ2) is 4.08. The molecule has 0 aliphatic carbocycles. The molecule has 3 aliphatic heterocycles. The van der Waals surface area contributed by atoms with E-state index in [4.69, 9.17) is 18.9 Å². The Morgan fingerprint density at radius 3 is 2.63 bits per heavy atom. The van der Waals surface area contributed by atoms with E-state index in [2.05, 4.69) is 0 Å². The minimum Gasteiger partial charge on any atom is -0.483 e. The number of ether oxygens (including phenoxy) is 4. The first-order valence-corrected chi connectivity index (χ1v) is 6.53. The zero-order chi connectivity index (χ0) is 13.8. The average molecular weight is 266 g/mol. The number of hydrogen-bond acceptors (Lipinski definition) is 5. The van der Waals surface area contributed by atoms with Gasteiger partial charge in [0.1, 0.15) is 23.9 Å². The van der Waals surface area contributed by atoms with Crippen molar-refractivity contribution >= 4 is 5.97 Å². The van der Waals surface area contributed by atoms with Crippen LogP contribution in [0.5, 0.6) is 0 Å². The molecule has 0 aromatic rings. The maximum Gasteiger partial charge on any atom is 0.341 e. The monoisotopic (exact) mass is 266 g/mol. The van der Waals surface area contributed by atoms with Crippen molar-refractivity contribution in [2.24, 2.45) is 0 Å². The van der Waals surface area contributed by atoms with E-state index in [0.717, 1.165) is 0 Å². The zero-order valence-corrected chi connectivity index (χ0v) is 11.5. The van der Waals surface area contributed by atoms with Gasteiger partial charge in [0.2, 0.25) is 0 Å². The number of hydrogen-bond donors (Lipinski definition) is 0. The molecule has 4 atom stereocenters. The van der Waals surface area contributed by atoms with Gasteiger partial charge in [-0.3, -0.25) is 0 Å². The van der Waals surface area contributed by atoms with Crippen LogP contribution < -0.4 is 0 Å². The Morgan fingerprint density at radius 1 is 1.21 bits per heavy atom. The van der Waals surface area contributed by atoms with E-state index in [1.807, 2.05) is 32.9 Å². The molecule has 0 N–H and O–H groups in total. The largest absolute Gasteiger partial charge is 0.483 e. The molecule has 0 aromatic carbocycles. The SMILES string of the molecule is C/C=C/[C@@H]1OC2=C(C(=O)O[C@H]2C)[C@@H]2OC(C)(C)O[C@@H]12. The average Bonchev–Trinajstić information content (AvgIpc) is 2.76. The molecular formula is C14H18O5. The van der Waals surface area contributed by atoms with Crippen molar-refractivity contribution in [3.63, 3.8) is 0 Å². The smallest absolute Gasteiger partial charge is 0.341 e. The van der Waals surface area contributed by atoms with Crippen LogP contribution in [0.1, 0.15) is 27.7 Å². The summed E-state index contributed by atoms with van der Waals surface area (Å²) in [6.45, 7) is 7.39. The van der Waals surface area contributed by atoms with E-state index >= 15 is 0 Å². The molecule has 0 bridgehead atoms. The van der Waals surface area contributed by atoms with E-state index in [0.29, 0.717) is 11.3 Å². The van der Waals surface area contributed by atoms with E-state index < -0.39 is 11.9 Å². The van der Waals surface area contributed by atoms with Gasteiger partial charge in [0, 0.05) is 0 Å². The predicted molar refractivity (Wildman–Crippen MR) is 66.1 cm³/mol. The molecular weight excluding hydrogens is 248 g/mol. The highest BCUT2D eigenvalue weighted by Crippen LogP contribution is 2.43. The number of allylic oxidation sites excluding steroid dienone is 1. The molecule has 0 aromatic heterocycles. The molecule has 3 rings (SSSR count). The van der Waals surface area contributed by atoms with Crippen LogP contribution in [0.4, 0.5) is 0 Å². The van der Waals surface area contributed by atoms with Crippen LogP contribution in [0.2, 0.25) is 0 Å². The van der Waals surface area contributed by atoms with Crippen LogP contribution in [-0.2, 0) is 23.7 Å². The van der Waals surface area contributed by atoms with E-state index in [1.165, 1.54) is 0 Å². The van der Waals surface area contributed by atoms with Gasteiger partial charge in [-0.2, -0.15) is 0 Å². The number of esters is 1. The summed E-state index contributed by atoms with van der Waals surface area (Å²) in [7, 11) is 0. The number of rotatable bonds is 1. The van der Waals surface area contributed by atoms with E-state index in [9.17, 15) is 4.79 Å². The fraction of sp³-hybridized carbons (Fsp3) is 0.643. The lowest BCUT2D eigenvalue weighted by Crippen LogP contribution is -2.42. The van der Waals surface area contributed by atoms with Gasteiger partial charge in [0.25, 0.3) is 0 Å². The van der Waals surface area contributed by atoms with Crippen LogP contribution in [0, 0.1) is 0 Å². The van der Waals surface area contributed by atoms with Crippen LogP contribution in [-0.4, -0.2) is 36.2 Å². The van der Waals surface area contributed by atoms with Crippen molar-refractivity contribution in [3.05, 3.63) is 23.5 Å². The molecule has 5 nitrogen and oxygen atoms in total. The maximum atomic E-state index is 11.9. The first-order valence-electron chi connectivity index (χ1n) is 6.53. The van der Waals surface area contributed by atoms with Crippen molar-refractivity contribution in [2.75, 3.05) is 0 Å². The minimum atomic E-state index is -0.729. The number of carbonyl (C=O) groups excluding carboxylic acids is 1. The maximum absolute atomic E-state index is 11.9. The van der Waals surface area contributed by atoms with Crippen LogP contribution in [0.15, 0.2) is 23.5 Å². The van der Waals surface area contributed by atoms with Crippen LogP contribution >= 0.6 is 0 Å². The molecule has 0 radical (unpaired) electrons. The highest BCUT2D eigenvalue weighted by molar-refractivity contribution is 5.93. The molecule has 104 valence electrons. The standard InChI is InChI=1S/C14H18O5/c1-5-6-8-11-12(19-14(3,4)18-11)9-10(17-8)7(2)16-13(9)15/h5-8,11-12H,1-4H3/b6-5+/t7-,8-,11-,12-/m0/s1. The third-order valence-corrected chi connectivity index (χ3v) is 3.52. The summed E-state index contributed by atoms with van der Waals surface area (Å²) < 4.78 is 22.8. The highest BCUT2D eigenvalue weighted by Gasteiger charge is 2.55. The van der Waals surface area contributed by atoms with Crippen LogP contribution in [0.25, 0.3) is 0 Å². The Bertz CT molecular complexity index is 476. The molecule has 1 saturated heterocycles. The summed E-state index contributed by atoms with van der Waals surface area (Å²) in [6.07, 6.45) is 2.47. The van der Waals surface area contributed by atoms with E-state index in [-0.39, 0.29) is 24.3 Å². The number of carbonyl (C=O) groups is 1. The van der Waals surface area contributed by atoms with Crippen molar-refractivity contribution in [3.8, 4) is 0 Å². The second-order valence-electron chi connectivity index (χ2n) is 5.45. The fourth-order valence-corrected chi connectivity index (χ4v) is 2.82. The topological polar surface area (TPSA) is 54.0 Å². The lowest BCUT2D eigenvalue weighted by molar-refractivity contribution is -0.153. The van der Waals surface area contributed by atoms with Gasteiger partial charge < -0.3 is 18.9 Å². The molecule has 0 unspecified atom stereocenters. The van der Waals surface area contributed by atoms with Crippen molar-refractivity contribution in [1.82, 2.24) is 0 Å². The molecule has 0 spiro atoms. The zero-order valence-electron chi connectivity index (χ0n) is 11.5. The molecule has 19 heavy (non-hydrogen) atoms. The lowest BCUT2D eigenvalue weighted by Gasteiger charge is -2.30. The quantitative estimate of drug-likeness (QED) is 0.534. The van der Waals surface area contributed by atoms with Gasteiger partial charge >= 0.3 is 5.97 Å². The summed E-state index contributed by atoms with van der Waals surface area (Å²) in [6, 6.07) is 0. The Kier molecular flexibility index (Phi) is 2.73. The summed E-state index contributed by atoms with van der Waals surface area (Å²) in [5.74, 6) is -0.513. The van der Waals surface area contributed by atoms with Gasteiger partial charge in [-0.05, 0) is 33.8 Å². The third kappa shape index (κ3) is 1.88. The molecule has 3 aliphatic rings. The summed E-state index contributed by atoms with van der Waals surface area (Å²) in [4.78, 5) is 11.9. The number of cyclic esters (lactones) is 1. The highest BCUT2D eigenvalue weighted by atomic mass is 16.8. The van der Waals surface area contributed by atoms with Gasteiger partial charge in [-0.25, -0.2) is 4.79 Å². The summed E-state index contributed by atoms with van der Waals surface area (Å²) >= 11 is 0. The third-order valence-electron chi connectivity index (χ3n) is 3.52. The van der Waals surface area contributed by atoms with Crippen molar-refractivity contribution in [1.29, 1.82) is 0 Å². The van der Waals surface area contributed by atoms with Gasteiger partial charge in [0.15, 0.2) is 17.7 Å². The Balaban J connectivity index is 2.03. The van der Waals surface area contributed by atoms with E-state index in [1.54, 1.807) is 6.92 Å². The molecule has 5 heteroatoms. The number of fused-ring (bicyclic) bond motifs is 2. The first-order chi connectivity index (χ1) is 8.93. The van der Waals surface area contributed by atoms with Gasteiger partial charge in [0.05, 0.1) is 0 Å². The van der Waals surface area contributed by atoms with Crippen LogP contribution in [0.3, 0.4) is 0 Å². The lowest BCUT2D eigenvalue weighted by atomic mass is 9.96. The molecule has 0 amide bonds.